The first-order valence-electron chi connectivity index (χ1n) is 7.61. The van der Waals surface area contributed by atoms with Crippen LogP contribution in [0.15, 0.2) is 66.9 Å². The van der Waals surface area contributed by atoms with Crippen molar-refractivity contribution in [2.45, 2.75) is 6.54 Å². The average molecular weight is 372 g/mol. The highest BCUT2D eigenvalue weighted by atomic mass is 35.5. The number of anilines is 2. The SMILES string of the molecule is O=C(NCc1ccc(Cl)cc1)c1ccc(Nc2cccc(Cl)c2)nc1. The van der Waals surface area contributed by atoms with Crippen molar-refractivity contribution in [2.75, 3.05) is 5.32 Å². The molecule has 0 saturated carbocycles. The summed E-state index contributed by atoms with van der Waals surface area (Å²) in [6.45, 7) is 0.429. The smallest absolute Gasteiger partial charge is 0.253 e. The van der Waals surface area contributed by atoms with Gasteiger partial charge in [0.25, 0.3) is 5.91 Å². The Labute approximate surface area is 155 Å². The summed E-state index contributed by atoms with van der Waals surface area (Å²) in [5.74, 6) is 0.452. The molecule has 1 heterocycles. The van der Waals surface area contributed by atoms with E-state index in [1.807, 2.05) is 24.3 Å². The van der Waals surface area contributed by atoms with Gasteiger partial charge in [-0.1, -0.05) is 41.4 Å². The topological polar surface area (TPSA) is 54.0 Å². The number of amides is 1. The molecule has 1 aromatic heterocycles. The van der Waals surface area contributed by atoms with Crippen molar-refractivity contribution >= 4 is 40.6 Å². The van der Waals surface area contributed by atoms with Gasteiger partial charge in [0.15, 0.2) is 0 Å². The van der Waals surface area contributed by atoms with Crippen LogP contribution in [0.1, 0.15) is 15.9 Å². The first kappa shape index (κ1) is 17.3. The van der Waals surface area contributed by atoms with Gasteiger partial charge in [-0.2, -0.15) is 0 Å². The van der Waals surface area contributed by atoms with Gasteiger partial charge in [-0.15, -0.1) is 0 Å². The molecule has 25 heavy (non-hydrogen) atoms. The summed E-state index contributed by atoms with van der Waals surface area (Å²) >= 11 is 11.8. The van der Waals surface area contributed by atoms with Crippen LogP contribution in [0.4, 0.5) is 11.5 Å². The molecule has 0 aliphatic carbocycles. The number of carbonyl (C=O) groups excluding carboxylic acids is 1. The quantitative estimate of drug-likeness (QED) is 0.658. The van der Waals surface area contributed by atoms with Crippen molar-refractivity contribution in [1.29, 1.82) is 0 Å². The molecular formula is C19H15Cl2N3O. The molecule has 0 saturated heterocycles. The number of pyridine rings is 1. The van der Waals surface area contributed by atoms with Crippen LogP contribution in [-0.2, 0) is 6.54 Å². The van der Waals surface area contributed by atoms with Crippen LogP contribution >= 0.6 is 23.2 Å². The monoisotopic (exact) mass is 371 g/mol. The van der Waals surface area contributed by atoms with E-state index in [2.05, 4.69) is 15.6 Å². The van der Waals surface area contributed by atoms with Gasteiger partial charge in [-0.25, -0.2) is 4.98 Å². The molecule has 3 aromatic rings. The Morgan fingerprint density at radius 1 is 0.960 bits per heavy atom. The zero-order chi connectivity index (χ0) is 17.6. The lowest BCUT2D eigenvalue weighted by molar-refractivity contribution is 0.0950. The molecule has 0 atom stereocenters. The number of rotatable bonds is 5. The van der Waals surface area contributed by atoms with Gasteiger partial charge < -0.3 is 10.6 Å². The third-order valence-corrected chi connectivity index (χ3v) is 3.98. The Morgan fingerprint density at radius 3 is 2.44 bits per heavy atom. The fraction of sp³-hybridized carbons (Fsp3) is 0.0526. The van der Waals surface area contributed by atoms with Crippen molar-refractivity contribution in [3.8, 4) is 0 Å². The summed E-state index contributed by atoms with van der Waals surface area (Å²) in [7, 11) is 0. The van der Waals surface area contributed by atoms with Crippen LogP contribution in [0, 0.1) is 0 Å². The summed E-state index contributed by atoms with van der Waals surface area (Å²) in [5.41, 5.74) is 2.30. The van der Waals surface area contributed by atoms with E-state index >= 15 is 0 Å². The largest absolute Gasteiger partial charge is 0.348 e. The van der Waals surface area contributed by atoms with Gasteiger partial charge >= 0.3 is 0 Å². The first-order valence-corrected chi connectivity index (χ1v) is 8.37. The fourth-order valence-electron chi connectivity index (χ4n) is 2.20. The summed E-state index contributed by atoms with van der Waals surface area (Å²) < 4.78 is 0. The van der Waals surface area contributed by atoms with Gasteiger partial charge in [-0.3, -0.25) is 4.79 Å². The third-order valence-electron chi connectivity index (χ3n) is 3.49. The van der Waals surface area contributed by atoms with Gasteiger partial charge in [0.2, 0.25) is 0 Å². The summed E-state index contributed by atoms with van der Waals surface area (Å²) in [4.78, 5) is 16.4. The predicted octanol–water partition coefficient (Wildman–Crippen LogP) is 5.06. The van der Waals surface area contributed by atoms with Crippen molar-refractivity contribution in [3.05, 3.63) is 88.0 Å². The standard InChI is InChI=1S/C19H15Cl2N3O/c20-15-7-4-13(5-8-15)11-23-19(25)14-6-9-18(22-12-14)24-17-3-1-2-16(21)10-17/h1-10,12H,11H2,(H,22,24)(H,23,25). The lowest BCUT2D eigenvalue weighted by atomic mass is 10.2. The summed E-state index contributed by atoms with van der Waals surface area (Å²) in [6.07, 6.45) is 1.53. The number of benzene rings is 2. The van der Waals surface area contributed by atoms with E-state index in [4.69, 9.17) is 23.2 Å². The van der Waals surface area contributed by atoms with Gasteiger partial charge in [0.1, 0.15) is 5.82 Å². The Hall–Kier alpha value is -2.56. The second kappa shape index (κ2) is 8.01. The molecular weight excluding hydrogens is 357 g/mol. The maximum absolute atomic E-state index is 12.2. The Balaban J connectivity index is 1.59. The number of hydrogen-bond donors (Lipinski definition) is 2. The van der Waals surface area contributed by atoms with Crippen LogP contribution in [0.2, 0.25) is 10.0 Å². The van der Waals surface area contributed by atoms with Crippen molar-refractivity contribution in [3.63, 3.8) is 0 Å². The van der Waals surface area contributed by atoms with E-state index in [9.17, 15) is 4.79 Å². The van der Waals surface area contributed by atoms with Crippen LogP contribution in [0.5, 0.6) is 0 Å². The van der Waals surface area contributed by atoms with Crippen LogP contribution in [0.3, 0.4) is 0 Å². The second-order valence-corrected chi connectivity index (χ2v) is 6.25. The zero-order valence-electron chi connectivity index (χ0n) is 13.2. The Bertz CT molecular complexity index is 865. The molecule has 6 heteroatoms. The minimum atomic E-state index is -0.184. The van der Waals surface area contributed by atoms with Gasteiger partial charge in [0, 0.05) is 28.5 Å². The number of aromatic nitrogens is 1. The maximum Gasteiger partial charge on any atom is 0.253 e. The molecule has 126 valence electrons. The number of nitrogens with zero attached hydrogens (tertiary/aromatic N) is 1. The average Bonchev–Trinajstić information content (AvgIpc) is 2.62. The van der Waals surface area contributed by atoms with E-state index < -0.39 is 0 Å². The van der Waals surface area contributed by atoms with E-state index in [1.54, 1.807) is 36.4 Å². The molecule has 0 radical (unpaired) electrons. The third kappa shape index (κ3) is 4.95. The van der Waals surface area contributed by atoms with Gasteiger partial charge in [-0.05, 0) is 48.0 Å². The minimum absolute atomic E-state index is 0.184. The van der Waals surface area contributed by atoms with E-state index in [-0.39, 0.29) is 5.91 Å². The van der Waals surface area contributed by atoms with Crippen LogP contribution in [-0.4, -0.2) is 10.9 Å². The summed E-state index contributed by atoms with van der Waals surface area (Å²) in [6, 6.07) is 18.1. The molecule has 1 amide bonds. The van der Waals surface area contributed by atoms with Crippen LogP contribution in [0.25, 0.3) is 0 Å². The van der Waals surface area contributed by atoms with E-state index in [1.165, 1.54) is 6.20 Å². The predicted molar refractivity (Wildman–Crippen MR) is 102 cm³/mol. The molecule has 3 rings (SSSR count). The van der Waals surface area contributed by atoms with Crippen molar-refractivity contribution in [2.24, 2.45) is 0 Å². The molecule has 0 spiro atoms. The van der Waals surface area contributed by atoms with E-state index in [0.29, 0.717) is 28.0 Å². The molecule has 0 aliphatic rings. The number of halogens is 2. The highest BCUT2D eigenvalue weighted by molar-refractivity contribution is 6.31. The first-order chi connectivity index (χ1) is 12.1. The maximum atomic E-state index is 12.2. The molecule has 2 N–H and O–H groups in total. The Morgan fingerprint density at radius 2 is 1.76 bits per heavy atom. The van der Waals surface area contributed by atoms with E-state index in [0.717, 1.165) is 11.3 Å². The fourth-order valence-corrected chi connectivity index (χ4v) is 2.52. The normalized spacial score (nSPS) is 10.3. The lowest BCUT2D eigenvalue weighted by Gasteiger charge is -2.08. The molecule has 0 unspecified atom stereocenters. The van der Waals surface area contributed by atoms with Crippen molar-refractivity contribution in [1.82, 2.24) is 10.3 Å². The lowest BCUT2D eigenvalue weighted by Crippen LogP contribution is -2.22. The zero-order valence-corrected chi connectivity index (χ0v) is 14.7. The molecule has 2 aromatic carbocycles. The number of hydrogen-bond acceptors (Lipinski definition) is 3. The molecule has 0 bridgehead atoms. The van der Waals surface area contributed by atoms with Crippen LogP contribution < -0.4 is 10.6 Å². The molecule has 0 fully saturated rings. The number of nitrogens with one attached hydrogen (secondary N) is 2. The van der Waals surface area contributed by atoms with Crippen molar-refractivity contribution < 1.29 is 4.79 Å². The number of carbonyl (C=O) groups is 1. The highest BCUT2D eigenvalue weighted by Crippen LogP contribution is 2.19. The Kier molecular flexibility index (Phi) is 5.53. The molecule has 0 aliphatic heterocycles. The highest BCUT2D eigenvalue weighted by Gasteiger charge is 2.06. The second-order valence-electron chi connectivity index (χ2n) is 5.38. The summed E-state index contributed by atoms with van der Waals surface area (Å²) in [5, 5.41) is 7.30. The van der Waals surface area contributed by atoms with Gasteiger partial charge in [0.05, 0.1) is 5.56 Å². The minimum Gasteiger partial charge on any atom is -0.348 e. The molecule has 4 nitrogen and oxygen atoms in total.